The molecule has 6 fully saturated rings. The molecule has 1 saturated heterocycles. The van der Waals surface area contributed by atoms with Gasteiger partial charge in [0.1, 0.15) is 12.4 Å². The number of hydrogen-bond donors (Lipinski definition) is 1. The summed E-state index contributed by atoms with van der Waals surface area (Å²) in [6, 6.07) is 0.112. The van der Waals surface area contributed by atoms with Crippen LogP contribution in [0.4, 0.5) is 0 Å². The lowest BCUT2D eigenvalue weighted by Crippen LogP contribution is -2.67. The molecule has 6 rings (SSSR count). The van der Waals surface area contributed by atoms with E-state index >= 15 is 0 Å². The van der Waals surface area contributed by atoms with Gasteiger partial charge in [0.25, 0.3) is 0 Å². The van der Waals surface area contributed by atoms with Crippen LogP contribution in [-0.2, 0) is 23.9 Å². The van der Waals surface area contributed by atoms with Gasteiger partial charge in [-0.05, 0) is 141 Å². The number of carbonyl (C=O) groups is 4. The zero-order chi connectivity index (χ0) is 38.1. The number of nitrogens with one attached hydrogen (secondary N) is 1. The molecule has 1 heterocycles. The maximum atomic E-state index is 14.3. The first-order valence-corrected chi connectivity index (χ1v) is 21.1. The van der Waals surface area contributed by atoms with Crippen LogP contribution in [0.15, 0.2) is 12.2 Å². The lowest BCUT2D eigenvalue weighted by atomic mass is 9.32. The molecule has 52 heavy (non-hydrogen) atoms. The second-order valence-corrected chi connectivity index (χ2v) is 21.1. The number of amides is 2. The quantitative estimate of drug-likeness (QED) is 0.138. The van der Waals surface area contributed by atoms with Gasteiger partial charge in [-0.25, -0.2) is 0 Å². The van der Waals surface area contributed by atoms with Crippen molar-refractivity contribution in [3.05, 3.63) is 12.2 Å². The normalized spacial score (nSPS) is 42.2. The third-order valence-electron chi connectivity index (χ3n) is 17.5. The Hall–Kier alpha value is -2.18. The van der Waals surface area contributed by atoms with Gasteiger partial charge in [0.15, 0.2) is 0 Å². The first kappa shape index (κ1) is 39.5. The van der Waals surface area contributed by atoms with Gasteiger partial charge in [-0.1, -0.05) is 60.6 Å². The highest BCUT2D eigenvalue weighted by molar-refractivity contribution is 5.78. The number of allylic oxidation sites excluding steroid dienone is 1. The molecular weight excluding hydrogens is 649 g/mol. The first-order valence-electron chi connectivity index (χ1n) is 21.1. The average Bonchev–Trinajstić information content (AvgIpc) is 3.67. The zero-order valence-corrected chi connectivity index (χ0v) is 34.3. The number of esters is 1. The highest BCUT2D eigenvalue weighted by Gasteiger charge is 2.71. The molecule has 0 aromatic carbocycles. The summed E-state index contributed by atoms with van der Waals surface area (Å²) in [5.74, 6) is 2.75. The van der Waals surface area contributed by atoms with Crippen molar-refractivity contribution in [1.82, 2.24) is 10.2 Å². The second kappa shape index (κ2) is 13.8. The SMILES string of the molecule is C=C(C)[C@@H]1CCC2(CC(=O)N3CCC[C@H]3CNC(C)=O)CC[C@]3(C)C(CC[C@@H]4C5(C)CCC(OC(=O)CC(C)(C)CC=O)C(C)(C)[C@@H]5CCC43C)[C@@H]12. The van der Waals surface area contributed by atoms with E-state index in [1.54, 1.807) is 6.92 Å². The van der Waals surface area contributed by atoms with Crippen molar-refractivity contribution in [2.24, 2.45) is 62.1 Å². The molecule has 0 bridgehead atoms. The summed E-state index contributed by atoms with van der Waals surface area (Å²) in [5.41, 5.74) is 1.40. The Bertz CT molecular complexity index is 1440. The molecule has 7 heteroatoms. The zero-order valence-electron chi connectivity index (χ0n) is 34.3. The molecule has 0 radical (unpaired) electrons. The number of ether oxygens (including phenoxy) is 1. The average molecular weight is 721 g/mol. The van der Waals surface area contributed by atoms with Crippen LogP contribution < -0.4 is 5.32 Å². The molecule has 5 unspecified atom stereocenters. The summed E-state index contributed by atoms with van der Waals surface area (Å²) in [7, 11) is 0. The highest BCUT2D eigenvalue weighted by Crippen LogP contribution is 2.78. The fourth-order valence-electron chi connectivity index (χ4n) is 14.7. The molecule has 1 aliphatic heterocycles. The minimum atomic E-state index is -0.384. The summed E-state index contributed by atoms with van der Waals surface area (Å²) in [6.07, 6.45) is 15.5. The van der Waals surface area contributed by atoms with Crippen molar-refractivity contribution in [2.45, 2.75) is 171 Å². The number of likely N-dealkylation sites (tertiary alicyclic amines) is 1. The Morgan fingerprint density at radius 2 is 1.62 bits per heavy atom. The Labute approximate surface area is 315 Å². The van der Waals surface area contributed by atoms with Gasteiger partial charge < -0.3 is 19.7 Å². The van der Waals surface area contributed by atoms with E-state index in [-0.39, 0.29) is 62.9 Å². The van der Waals surface area contributed by atoms with Crippen LogP contribution in [0.1, 0.15) is 159 Å². The molecule has 2 amide bonds. The van der Waals surface area contributed by atoms with Crippen LogP contribution in [0, 0.1) is 62.1 Å². The summed E-state index contributed by atoms with van der Waals surface area (Å²) >= 11 is 0. The van der Waals surface area contributed by atoms with E-state index in [2.05, 4.69) is 58.3 Å². The summed E-state index contributed by atoms with van der Waals surface area (Å²) in [6.45, 7) is 26.4. The molecule has 0 aromatic heterocycles. The minimum absolute atomic E-state index is 0.0248. The van der Waals surface area contributed by atoms with E-state index in [1.807, 2.05) is 13.8 Å². The summed E-state index contributed by atoms with van der Waals surface area (Å²) < 4.78 is 6.33. The number of hydrogen-bond acceptors (Lipinski definition) is 5. The molecule has 0 spiro atoms. The predicted molar refractivity (Wildman–Crippen MR) is 206 cm³/mol. The Morgan fingerprint density at radius 3 is 2.29 bits per heavy atom. The van der Waals surface area contributed by atoms with E-state index in [1.165, 1.54) is 31.3 Å². The fraction of sp³-hybridized carbons (Fsp3) is 0.867. The van der Waals surface area contributed by atoms with Crippen molar-refractivity contribution in [2.75, 3.05) is 13.1 Å². The lowest BCUT2D eigenvalue weighted by Gasteiger charge is -2.73. The Kier molecular flexibility index (Phi) is 10.5. The molecule has 1 N–H and O–H groups in total. The maximum absolute atomic E-state index is 14.3. The van der Waals surface area contributed by atoms with E-state index in [0.29, 0.717) is 54.9 Å². The molecule has 7 nitrogen and oxygen atoms in total. The van der Waals surface area contributed by atoms with E-state index in [9.17, 15) is 19.2 Å². The second-order valence-electron chi connectivity index (χ2n) is 21.1. The minimum Gasteiger partial charge on any atom is -0.462 e. The smallest absolute Gasteiger partial charge is 0.306 e. The lowest BCUT2D eigenvalue weighted by molar-refractivity contribution is -0.250. The third-order valence-corrected chi connectivity index (χ3v) is 17.5. The Morgan fingerprint density at radius 1 is 0.885 bits per heavy atom. The number of rotatable bonds is 10. The van der Waals surface area contributed by atoms with Crippen LogP contribution in [0.3, 0.4) is 0 Å². The van der Waals surface area contributed by atoms with E-state index in [0.717, 1.165) is 64.2 Å². The van der Waals surface area contributed by atoms with Gasteiger partial charge in [0.2, 0.25) is 11.8 Å². The van der Waals surface area contributed by atoms with Crippen LogP contribution in [0.5, 0.6) is 0 Å². The predicted octanol–water partition coefficient (Wildman–Crippen LogP) is 9.08. The topological polar surface area (TPSA) is 92.8 Å². The standard InChI is InChI=1S/C45H72N2O5/c1-29(2)32-15-20-45(26-37(50)47-24-11-12-31(47)28-46-30(3)49)22-21-43(9)33(39(32)45)13-14-35-42(8)18-17-36(52-38(51)27-40(4,5)23-25-48)41(6,7)34(42)16-19-44(35,43)10/h25,31-36,39H,1,11-24,26-28H2,2-10H3,(H,46,49)/t31-,32-,33?,34-,35+,36?,39+,42?,43+,44?,45?/m0/s1. The van der Waals surface area contributed by atoms with Crippen LogP contribution in [-0.4, -0.2) is 54.2 Å². The maximum Gasteiger partial charge on any atom is 0.306 e. The van der Waals surface area contributed by atoms with Crippen LogP contribution >= 0.6 is 0 Å². The third kappa shape index (κ3) is 6.42. The molecule has 5 saturated carbocycles. The van der Waals surface area contributed by atoms with Gasteiger partial charge in [0, 0.05) is 44.3 Å². The number of aldehydes is 1. The van der Waals surface area contributed by atoms with Gasteiger partial charge >= 0.3 is 5.97 Å². The van der Waals surface area contributed by atoms with Crippen molar-refractivity contribution >= 4 is 24.1 Å². The molecule has 11 atom stereocenters. The van der Waals surface area contributed by atoms with Gasteiger partial charge in [-0.3, -0.25) is 14.4 Å². The first-order chi connectivity index (χ1) is 24.2. The molecular formula is C45H72N2O5. The molecule has 292 valence electrons. The highest BCUT2D eigenvalue weighted by atomic mass is 16.5. The van der Waals surface area contributed by atoms with Crippen molar-refractivity contribution < 1.29 is 23.9 Å². The van der Waals surface area contributed by atoms with Gasteiger partial charge in [0.05, 0.1) is 6.42 Å². The van der Waals surface area contributed by atoms with Crippen LogP contribution in [0.2, 0.25) is 0 Å². The van der Waals surface area contributed by atoms with E-state index in [4.69, 9.17) is 4.74 Å². The molecule has 6 aliphatic rings. The Balaban J connectivity index is 1.23. The van der Waals surface area contributed by atoms with Gasteiger partial charge in [-0.15, -0.1) is 0 Å². The summed E-state index contributed by atoms with van der Waals surface area (Å²) in [4.78, 5) is 52.6. The number of nitrogens with zero attached hydrogens (tertiary/aromatic N) is 1. The van der Waals surface area contributed by atoms with Crippen molar-refractivity contribution in [1.29, 1.82) is 0 Å². The summed E-state index contributed by atoms with van der Waals surface area (Å²) in [5, 5.41) is 2.99. The monoisotopic (exact) mass is 721 g/mol. The van der Waals surface area contributed by atoms with E-state index < -0.39 is 0 Å². The van der Waals surface area contributed by atoms with Crippen LogP contribution in [0.25, 0.3) is 0 Å². The largest absolute Gasteiger partial charge is 0.462 e. The van der Waals surface area contributed by atoms with Crippen molar-refractivity contribution in [3.8, 4) is 0 Å². The fourth-order valence-corrected chi connectivity index (χ4v) is 14.7. The van der Waals surface area contributed by atoms with Gasteiger partial charge in [-0.2, -0.15) is 0 Å². The van der Waals surface area contributed by atoms with Crippen molar-refractivity contribution in [3.63, 3.8) is 0 Å². The molecule has 0 aromatic rings. The molecule has 5 aliphatic carbocycles. The number of carbonyl (C=O) groups excluding carboxylic acids is 4. The number of fused-ring (bicyclic) bond motifs is 7.